The third-order valence-electron chi connectivity index (χ3n) is 4.17. The molecule has 21 heavy (non-hydrogen) atoms. The molecule has 0 bridgehead atoms. The number of aliphatic hydroxyl groups excluding tert-OH is 1. The predicted octanol–water partition coefficient (Wildman–Crippen LogP) is 2.63. The summed E-state index contributed by atoms with van der Waals surface area (Å²) >= 11 is 1.52. The van der Waals surface area contributed by atoms with E-state index in [4.69, 9.17) is 9.47 Å². The molecule has 4 atom stereocenters. The zero-order chi connectivity index (χ0) is 15.4. The molecule has 1 saturated carbocycles. The number of methoxy groups -OCH3 is 2. The van der Waals surface area contributed by atoms with Gasteiger partial charge in [0.05, 0.1) is 26.9 Å². The van der Waals surface area contributed by atoms with Gasteiger partial charge in [-0.25, -0.2) is 0 Å². The van der Waals surface area contributed by atoms with Crippen LogP contribution in [-0.4, -0.2) is 41.2 Å². The van der Waals surface area contributed by atoms with Gasteiger partial charge in [0, 0.05) is 5.25 Å². The topological polar surface area (TPSA) is 64.5 Å². The Labute approximate surface area is 130 Å². The molecule has 5 nitrogen and oxygen atoms in total. The van der Waals surface area contributed by atoms with Crippen LogP contribution < -0.4 is 9.47 Å². The van der Waals surface area contributed by atoms with E-state index in [1.807, 2.05) is 0 Å². The Bertz CT molecular complexity index is 450. The highest BCUT2D eigenvalue weighted by molar-refractivity contribution is 7.99. The van der Waals surface area contributed by atoms with E-state index in [0.717, 1.165) is 12.3 Å². The van der Waals surface area contributed by atoms with E-state index < -0.39 is 0 Å². The number of thioether (sulfide) groups is 1. The average molecular weight is 312 g/mol. The lowest BCUT2D eigenvalue weighted by molar-refractivity contribution is 0.247. The van der Waals surface area contributed by atoms with Crippen molar-refractivity contribution in [3.8, 4) is 11.8 Å². The van der Waals surface area contributed by atoms with Gasteiger partial charge in [0.2, 0.25) is 11.8 Å². The first-order valence-corrected chi connectivity index (χ1v) is 8.19. The van der Waals surface area contributed by atoms with Gasteiger partial charge >= 0.3 is 0 Å². The molecule has 1 aromatic rings. The molecule has 1 aliphatic carbocycles. The highest BCUT2D eigenvalue weighted by atomic mass is 32.2. The molecular formula is C15H24N2O3S. The summed E-state index contributed by atoms with van der Waals surface area (Å²) in [4.78, 5) is 8.68. The highest BCUT2D eigenvalue weighted by Crippen LogP contribution is 2.43. The summed E-state index contributed by atoms with van der Waals surface area (Å²) in [5, 5.41) is 10.5. The van der Waals surface area contributed by atoms with E-state index >= 15 is 0 Å². The van der Waals surface area contributed by atoms with Gasteiger partial charge < -0.3 is 14.6 Å². The number of hydrogen-bond acceptors (Lipinski definition) is 6. The minimum absolute atomic E-state index is 0.113. The van der Waals surface area contributed by atoms with E-state index in [-0.39, 0.29) is 11.9 Å². The maximum atomic E-state index is 9.77. The van der Waals surface area contributed by atoms with Crippen molar-refractivity contribution >= 4 is 11.8 Å². The molecule has 6 heteroatoms. The lowest BCUT2D eigenvalue weighted by Crippen LogP contribution is -2.24. The molecule has 1 heterocycles. The minimum Gasteiger partial charge on any atom is -0.481 e. The van der Waals surface area contributed by atoms with Crippen molar-refractivity contribution in [3.05, 3.63) is 6.07 Å². The summed E-state index contributed by atoms with van der Waals surface area (Å²) in [5.41, 5.74) is 0. The average Bonchev–Trinajstić information content (AvgIpc) is 2.82. The van der Waals surface area contributed by atoms with Gasteiger partial charge in [0.1, 0.15) is 0 Å². The largest absolute Gasteiger partial charge is 0.481 e. The Morgan fingerprint density at radius 2 is 1.86 bits per heavy atom. The van der Waals surface area contributed by atoms with Crippen LogP contribution in [0.25, 0.3) is 0 Å². The third-order valence-corrected chi connectivity index (χ3v) is 5.37. The zero-order valence-electron chi connectivity index (χ0n) is 13.1. The molecule has 0 amide bonds. The van der Waals surface area contributed by atoms with Crippen LogP contribution >= 0.6 is 11.8 Å². The molecule has 0 spiro atoms. The van der Waals surface area contributed by atoms with Crippen LogP contribution in [0.1, 0.15) is 26.7 Å². The maximum Gasteiger partial charge on any atom is 0.220 e. The van der Waals surface area contributed by atoms with Crippen molar-refractivity contribution in [2.75, 3.05) is 20.8 Å². The van der Waals surface area contributed by atoms with Crippen molar-refractivity contribution in [2.45, 2.75) is 37.1 Å². The lowest BCUT2D eigenvalue weighted by Gasteiger charge is -2.24. The van der Waals surface area contributed by atoms with Crippen LogP contribution in [0.5, 0.6) is 11.8 Å². The number of ether oxygens (including phenoxy) is 2. The molecule has 1 aliphatic rings. The number of aliphatic hydroxyl groups is 1. The second kappa shape index (κ2) is 7.31. The summed E-state index contributed by atoms with van der Waals surface area (Å²) in [7, 11) is 3.14. The molecule has 1 N–H and O–H groups in total. The van der Waals surface area contributed by atoms with Gasteiger partial charge in [-0.15, -0.1) is 0 Å². The number of hydrogen-bond donors (Lipinski definition) is 1. The first-order valence-electron chi connectivity index (χ1n) is 7.32. The van der Waals surface area contributed by atoms with Gasteiger partial charge in [-0.2, -0.15) is 9.97 Å². The SMILES string of the molecule is COc1cc(OC)nc(SC(CO)C2CC(C)CC2C)n1. The third kappa shape index (κ3) is 4.01. The van der Waals surface area contributed by atoms with Crippen LogP contribution in [0.2, 0.25) is 0 Å². The summed E-state index contributed by atoms with van der Waals surface area (Å²) in [6.07, 6.45) is 2.38. The smallest absolute Gasteiger partial charge is 0.220 e. The molecule has 118 valence electrons. The van der Waals surface area contributed by atoms with Crippen LogP contribution in [0.15, 0.2) is 11.2 Å². The van der Waals surface area contributed by atoms with Crippen molar-refractivity contribution in [1.82, 2.24) is 9.97 Å². The fourth-order valence-corrected chi connectivity index (χ4v) is 4.35. The molecule has 0 saturated heterocycles. The summed E-state index contributed by atoms with van der Waals surface area (Å²) in [6.45, 7) is 4.68. The van der Waals surface area contributed by atoms with E-state index in [0.29, 0.717) is 28.8 Å². The first-order chi connectivity index (χ1) is 10.1. The molecule has 0 aliphatic heterocycles. The first kappa shape index (κ1) is 16.4. The lowest BCUT2D eigenvalue weighted by atomic mass is 9.95. The number of aromatic nitrogens is 2. The fourth-order valence-electron chi connectivity index (χ4n) is 3.16. The molecule has 1 fully saturated rings. The van der Waals surface area contributed by atoms with Crippen LogP contribution in [0, 0.1) is 17.8 Å². The Kier molecular flexibility index (Phi) is 5.70. The standard InChI is InChI=1S/C15H24N2O3S/c1-9-5-10(2)11(6-9)12(8-18)21-15-16-13(19-3)7-14(17-15)20-4/h7,9-12,18H,5-6,8H2,1-4H3. The quantitative estimate of drug-likeness (QED) is 0.643. The maximum absolute atomic E-state index is 9.77. The zero-order valence-corrected chi connectivity index (χ0v) is 13.9. The Morgan fingerprint density at radius 1 is 1.24 bits per heavy atom. The predicted molar refractivity (Wildman–Crippen MR) is 82.9 cm³/mol. The molecule has 1 aromatic heterocycles. The van der Waals surface area contributed by atoms with Crippen molar-refractivity contribution < 1.29 is 14.6 Å². The van der Waals surface area contributed by atoms with Crippen molar-refractivity contribution in [1.29, 1.82) is 0 Å². The summed E-state index contributed by atoms with van der Waals surface area (Å²) < 4.78 is 10.3. The molecule has 4 unspecified atom stereocenters. The van der Waals surface area contributed by atoms with Gasteiger partial charge in [0.25, 0.3) is 0 Å². The van der Waals surface area contributed by atoms with Crippen molar-refractivity contribution in [2.24, 2.45) is 17.8 Å². The summed E-state index contributed by atoms with van der Waals surface area (Å²) in [5.74, 6) is 2.80. The highest BCUT2D eigenvalue weighted by Gasteiger charge is 2.35. The molecule has 0 radical (unpaired) electrons. The monoisotopic (exact) mass is 312 g/mol. The Balaban J connectivity index is 2.14. The van der Waals surface area contributed by atoms with E-state index in [1.165, 1.54) is 18.2 Å². The molecule has 0 aromatic carbocycles. The molecular weight excluding hydrogens is 288 g/mol. The Morgan fingerprint density at radius 3 is 2.29 bits per heavy atom. The normalized spacial score (nSPS) is 26.6. The van der Waals surface area contributed by atoms with Crippen LogP contribution in [-0.2, 0) is 0 Å². The van der Waals surface area contributed by atoms with Gasteiger partial charge in [0.15, 0.2) is 5.16 Å². The van der Waals surface area contributed by atoms with E-state index in [1.54, 1.807) is 20.3 Å². The second-order valence-corrected chi connectivity index (χ2v) is 7.00. The molecule has 2 rings (SSSR count). The van der Waals surface area contributed by atoms with Gasteiger partial charge in [-0.3, -0.25) is 0 Å². The van der Waals surface area contributed by atoms with E-state index in [9.17, 15) is 5.11 Å². The fraction of sp³-hybridized carbons (Fsp3) is 0.733. The van der Waals surface area contributed by atoms with Gasteiger partial charge in [-0.05, 0) is 30.6 Å². The van der Waals surface area contributed by atoms with Crippen LogP contribution in [0.3, 0.4) is 0 Å². The van der Waals surface area contributed by atoms with E-state index in [2.05, 4.69) is 23.8 Å². The minimum atomic E-state index is 0.113. The number of nitrogens with zero attached hydrogens (tertiary/aromatic N) is 2. The summed E-state index contributed by atoms with van der Waals surface area (Å²) in [6, 6.07) is 1.65. The number of rotatable bonds is 6. The van der Waals surface area contributed by atoms with Crippen molar-refractivity contribution in [3.63, 3.8) is 0 Å². The Hall–Kier alpha value is -1.01. The van der Waals surface area contributed by atoms with Gasteiger partial charge in [-0.1, -0.05) is 25.6 Å². The van der Waals surface area contributed by atoms with Crippen LogP contribution in [0.4, 0.5) is 0 Å². The second-order valence-electron chi connectivity index (χ2n) is 5.79.